The van der Waals surface area contributed by atoms with Crippen LogP contribution in [0, 0.1) is 5.82 Å². The first-order valence-corrected chi connectivity index (χ1v) is 13.3. The summed E-state index contributed by atoms with van der Waals surface area (Å²) in [6.45, 7) is 2.09. The van der Waals surface area contributed by atoms with E-state index < -0.39 is 6.03 Å². The van der Waals surface area contributed by atoms with Gasteiger partial charge in [0.25, 0.3) is 5.91 Å². The first kappa shape index (κ1) is 26.2. The number of nitrogens with one attached hydrogen (secondary N) is 2. The van der Waals surface area contributed by atoms with Crippen LogP contribution in [0.5, 0.6) is 5.75 Å². The Balaban J connectivity index is 1.36. The summed E-state index contributed by atoms with van der Waals surface area (Å²) in [5.41, 5.74) is 4.16. The molecular weight excluding hydrogens is 495 g/mol. The summed E-state index contributed by atoms with van der Waals surface area (Å²) >= 11 is 0. The molecule has 1 aromatic heterocycles. The van der Waals surface area contributed by atoms with E-state index in [4.69, 9.17) is 0 Å². The molecule has 7 nitrogen and oxygen atoms in total. The Labute approximate surface area is 226 Å². The van der Waals surface area contributed by atoms with Crippen molar-refractivity contribution in [1.29, 1.82) is 0 Å². The number of phenols is 1. The van der Waals surface area contributed by atoms with E-state index in [1.807, 2.05) is 18.2 Å². The van der Waals surface area contributed by atoms with Gasteiger partial charge in [0.1, 0.15) is 11.6 Å². The predicted octanol–water partition coefficient (Wildman–Crippen LogP) is 6.63. The van der Waals surface area contributed by atoms with Crippen molar-refractivity contribution in [2.24, 2.45) is 0 Å². The summed E-state index contributed by atoms with van der Waals surface area (Å²) < 4.78 is 15.4. The number of hydrogen-bond donors (Lipinski definition) is 3. The Morgan fingerprint density at radius 2 is 1.77 bits per heavy atom. The van der Waals surface area contributed by atoms with E-state index in [0.29, 0.717) is 28.1 Å². The van der Waals surface area contributed by atoms with Crippen LogP contribution >= 0.6 is 0 Å². The summed E-state index contributed by atoms with van der Waals surface area (Å²) in [6, 6.07) is 19.9. The van der Waals surface area contributed by atoms with Gasteiger partial charge in [-0.05, 0) is 61.2 Å². The number of amides is 2. The van der Waals surface area contributed by atoms with Crippen molar-refractivity contribution in [3.63, 3.8) is 0 Å². The highest BCUT2D eigenvalue weighted by Crippen LogP contribution is 2.38. The molecule has 0 radical (unpaired) electrons. The normalized spacial score (nSPS) is 13.4. The highest BCUT2D eigenvalue weighted by atomic mass is 19.1. The fourth-order valence-electron chi connectivity index (χ4n) is 5.01. The lowest BCUT2D eigenvalue weighted by Crippen LogP contribution is -2.31. The molecule has 1 heterocycles. The molecule has 3 aromatic carbocycles. The molecule has 4 aromatic rings. The van der Waals surface area contributed by atoms with Gasteiger partial charge >= 0.3 is 6.03 Å². The van der Waals surface area contributed by atoms with Gasteiger partial charge in [-0.2, -0.15) is 9.78 Å². The van der Waals surface area contributed by atoms with Gasteiger partial charge in [0, 0.05) is 40.9 Å². The monoisotopic (exact) mass is 526 g/mol. The van der Waals surface area contributed by atoms with Gasteiger partial charge in [0.2, 0.25) is 0 Å². The second-order valence-corrected chi connectivity index (χ2v) is 9.83. The molecule has 5 rings (SSSR count). The Hall–Kier alpha value is -4.46. The number of carbonyl (C=O) groups excluding carboxylic acids is 2. The topological polar surface area (TPSA) is 96.3 Å². The SMILES string of the molecule is CCc1ccc(C(=O)Nc2ccc(-c3cc(C4CCCC4)n(C(=O)NCc4ccccc4F)n3)c(O)c2)cc1. The van der Waals surface area contributed by atoms with Gasteiger partial charge in [-0.3, -0.25) is 4.79 Å². The molecule has 2 amide bonds. The van der Waals surface area contributed by atoms with E-state index >= 15 is 0 Å². The number of aromatic nitrogens is 2. The third-order valence-electron chi connectivity index (χ3n) is 7.25. The summed E-state index contributed by atoms with van der Waals surface area (Å²) in [6.07, 6.45) is 4.93. The van der Waals surface area contributed by atoms with E-state index in [1.165, 1.54) is 16.8 Å². The van der Waals surface area contributed by atoms with E-state index in [0.717, 1.165) is 43.4 Å². The Bertz CT molecular complexity index is 1490. The number of halogens is 1. The average Bonchev–Trinajstić information content (AvgIpc) is 3.63. The zero-order chi connectivity index (χ0) is 27.4. The number of anilines is 1. The van der Waals surface area contributed by atoms with Crippen molar-refractivity contribution in [2.45, 2.75) is 51.5 Å². The fraction of sp³-hybridized carbons (Fsp3) is 0.258. The molecule has 0 unspecified atom stereocenters. The number of rotatable bonds is 7. The molecule has 0 spiro atoms. The largest absolute Gasteiger partial charge is 0.507 e. The Kier molecular flexibility index (Phi) is 7.72. The maximum Gasteiger partial charge on any atom is 0.342 e. The van der Waals surface area contributed by atoms with Crippen LogP contribution in [-0.2, 0) is 13.0 Å². The van der Waals surface area contributed by atoms with Gasteiger partial charge in [-0.25, -0.2) is 9.18 Å². The van der Waals surface area contributed by atoms with Crippen LogP contribution in [0.25, 0.3) is 11.3 Å². The summed E-state index contributed by atoms with van der Waals surface area (Å²) in [4.78, 5) is 25.8. The smallest absolute Gasteiger partial charge is 0.342 e. The minimum atomic E-state index is -0.455. The van der Waals surface area contributed by atoms with Crippen molar-refractivity contribution in [1.82, 2.24) is 15.1 Å². The lowest BCUT2D eigenvalue weighted by molar-refractivity contribution is 0.102. The molecule has 0 bridgehead atoms. The van der Waals surface area contributed by atoms with Crippen LogP contribution in [0.4, 0.5) is 14.9 Å². The average molecular weight is 527 g/mol. The van der Waals surface area contributed by atoms with Crippen LogP contribution < -0.4 is 10.6 Å². The molecule has 0 aliphatic heterocycles. The number of aryl methyl sites for hydroxylation is 1. The minimum Gasteiger partial charge on any atom is -0.507 e. The number of nitrogens with zero attached hydrogens (tertiary/aromatic N) is 2. The zero-order valence-corrected chi connectivity index (χ0v) is 21.8. The summed E-state index contributed by atoms with van der Waals surface area (Å²) in [5.74, 6) is -0.553. The fourth-order valence-corrected chi connectivity index (χ4v) is 5.01. The van der Waals surface area contributed by atoms with Gasteiger partial charge in [-0.1, -0.05) is 50.1 Å². The summed E-state index contributed by atoms with van der Waals surface area (Å²) in [5, 5.41) is 21.0. The number of hydrogen-bond acceptors (Lipinski definition) is 4. The lowest BCUT2D eigenvalue weighted by Gasteiger charge is -2.12. The molecule has 39 heavy (non-hydrogen) atoms. The Morgan fingerprint density at radius 3 is 2.46 bits per heavy atom. The number of benzene rings is 3. The highest BCUT2D eigenvalue weighted by molar-refractivity contribution is 6.04. The van der Waals surface area contributed by atoms with Crippen molar-refractivity contribution in [3.8, 4) is 17.0 Å². The first-order chi connectivity index (χ1) is 18.9. The molecule has 0 saturated heterocycles. The van der Waals surface area contributed by atoms with Gasteiger partial charge < -0.3 is 15.7 Å². The first-order valence-electron chi connectivity index (χ1n) is 13.3. The van der Waals surface area contributed by atoms with Crippen molar-refractivity contribution in [2.75, 3.05) is 5.32 Å². The van der Waals surface area contributed by atoms with Crippen LogP contribution in [0.1, 0.15) is 65.7 Å². The predicted molar refractivity (Wildman–Crippen MR) is 148 cm³/mol. The standard InChI is InChI=1S/C31H31FN4O3/c1-2-20-11-13-22(14-12-20)30(38)34-24-15-16-25(29(37)17-24)27-18-28(21-7-3-4-8-21)36(35-27)31(39)33-19-23-9-5-6-10-26(23)32/h5-6,9-18,21,37H,2-4,7-8,19H2,1H3,(H,33,39)(H,34,38). The van der Waals surface area contributed by atoms with E-state index in [9.17, 15) is 19.1 Å². The summed E-state index contributed by atoms with van der Waals surface area (Å²) in [7, 11) is 0. The number of aromatic hydroxyl groups is 1. The third kappa shape index (κ3) is 5.85. The van der Waals surface area contributed by atoms with Crippen molar-refractivity contribution in [3.05, 3.63) is 101 Å². The van der Waals surface area contributed by atoms with Gasteiger partial charge in [0.05, 0.1) is 11.4 Å². The van der Waals surface area contributed by atoms with Crippen molar-refractivity contribution < 1.29 is 19.1 Å². The highest BCUT2D eigenvalue weighted by Gasteiger charge is 2.26. The third-order valence-corrected chi connectivity index (χ3v) is 7.25. The molecule has 200 valence electrons. The van der Waals surface area contributed by atoms with Gasteiger partial charge in [-0.15, -0.1) is 0 Å². The second-order valence-electron chi connectivity index (χ2n) is 9.83. The van der Waals surface area contributed by atoms with E-state index in [-0.39, 0.29) is 29.9 Å². The van der Waals surface area contributed by atoms with Crippen molar-refractivity contribution >= 4 is 17.6 Å². The van der Waals surface area contributed by atoms with E-state index in [1.54, 1.807) is 42.5 Å². The Morgan fingerprint density at radius 1 is 1.03 bits per heavy atom. The van der Waals surface area contributed by atoms with E-state index in [2.05, 4.69) is 22.7 Å². The molecule has 1 saturated carbocycles. The maximum absolute atomic E-state index is 14.0. The molecular formula is C31H31FN4O3. The molecule has 1 aliphatic rings. The molecule has 0 atom stereocenters. The quantitative estimate of drug-likeness (QED) is 0.252. The van der Waals surface area contributed by atoms with Gasteiger partial charge in [0.15, 0.2) is 0 Å². The molecule has 1 aliphatic carbocycles. The maximum atomic E-state index is 14.0. The molecule has 3 N–H and O–H groups in total. The lowest BCUT2D eigenvalue weighted by atomic mass is 10.0. The van der Waals surface area contributed by atoms with Crippen LogP contribution in [0.3, 0.4) is 0 Å². The molecule has 8 heteroatoms. The van der Waals surface area contributed by atoms with Crippen LogP contribution in [0.2, 0.25) is 0 Å². The minimum absolute atomic E-state index is 0.0334. The number of phenolic OH excluding ortho intramolecular Hbond substituents is 1. The molecule has 1 fully saturated rings. The zero-order valence-electron chi connectivity index (χ0n) is 21.8. The second kappa shape index (κ2) is 11.5. The van der Waals surface area contributed by atoms with Crippen LogP contribution in [0.15, 0.2) is 72.8 Å². The van der Waals surface area contributed by atoms with Crippen LogP contribution in [-0.4, -0.2) is 26.8 Å². The number of carbonyl (C=O) groups is 2.